The monoisotopic (exact) mass is 315 g/mol. The average Bonchev–Trinajstić information content (AvgIpc) is 2.65. The van der Waals surface area contributed by atoms with Gasteiger partial charge in [-0.25, -0.2) is 0 Å². The minimum atomic E-state index is -0.581. The van der Waals surface area contributed by atoms with Gasteiger partial charge < -0.3 is 5.32 Å². The van der Waals surface area contributed by atoms with Crippen LogP contribution in [0.1, 0.15) is 17.2 Å². The largest absolute Gasteiger partial charge is 0.321 e. The molecule has 1 amide bonds. The summed E-state index contributed by atoms with van der Waals surface area (Å²) in [5.74, 6) is -0.385. The number of hydrogen-bond acceptors (Lipinski definition) is 4. The van der Waals surface area contributed by atoms with Crippen LogP contribution >= 0.6 is 11.6 Å². The maximum Gasteiger partial charge on any atom is 0.269 e. The zero-order chi connectivity index (χ0) is 15.7. The Morgan fingerprint density at radius 3 is 2.68 bits per heavy atom. The van der Waals surface area contributed by atoms with E-state index >= 15 is 0 Å². The number of nitrogens with one attached hydrogen (secondary N) is 1. The second-order valence-corrected chi connectivity index (χ2v) is 5.13. The Morgan fingerprint density at radius 2 is 1.95 bits per heavy atom. The van der Waals surface area contributed by atoms with E-state index < -0.39 is 11.0 Å². The first kappa shape index (κ1) is 14.2. The number of nitro groups is 1. The molecule has 1 atom stereocenters. The highest BCUT2D eigenvalue weighted by Crippen LogP contribution is 2.37. The first-order chi connectivity index (χ1) is 10.6. The summed E-state index contributed by atoms with van der Waals surface area (Å²) < 4.78 is 0. The molecule has 0 saturated heterocycles. The van der Waals surface area contributed by atoms with Crippen LogP contribution in [0.4, 0.5) is 11.4 Å². The van der Waals surface area contributed by atoms with Gasteiger partial charge in [0, 0.05) is 28.4 Å². The summed E-state index contributed by atoms with van der Waals surface area (Å²) in [5.41, 5.74) is 1.63. The molecule has 0 aromatic heterocycles. The van der Waals surface area contributed by atoms with Crippen LogP contribution in [-0.2, 0) is 4.79 Å². The molecule has 1 N–H and O–H groups in total. The number of hydrogen-bond donors (Lipinski definition) is 1. The molecule has 110 valence electrons. The van der Waals surface area contributed by atoms with Crippen molar-refractivity contribution in [1.82, 2.24) is 0 Å². The summed E-state index contributed by atoms with van der Waals surface area (Å²) in [6, 6.07) is 10.7. The van der Waals surface area contributed by atoms with Crippen molar-refractivity contribution in [3.8, 4) is 0 Å². The molecule has 22 heavy (non-hydrogen) atoms. The van der Waals surface area contributed by atoms with Crippen molar-refractivity contribution < 1.29 is 9.72 Å². The number of rotatable bonds is 2. The highest BCUT2D eigenvalue weighted by atomic mass is 35.5. The summed E-state index contributed by atoms with van der Waals surface area (Å²) >= 11 is 6.20. The number of nitro benzene ring substituents is 1. The Kier molecular flexibility index (Phi) is 3.60. The van der Waals surface area contributed by atoms with Crippen LogP contribution in [0.15, 0.2) is 47.5 Å². The molecule has 1 aliphatic heterocycles. The summed E-state index contributed by atoms with van der Waals surface area (Å²) in [4.78, 5) is 26.4. The van der Waals surface area contributed by atoms with E-state index in [4.69, 9.17) is 11.6 Å². The highest BCUT2D eigenvalue weighted by molar-refractivity contribution is 6.33. The fourth-order valence-electron chi connectivity index (χ4n) is 2.34. The predicted octanol–water partition coefficient (Wildman–Crippen LogP) is 3.36. The number of carbonyl (C=O) groups is 1. The molecular weight excluding hydrogens is 306 g/mol. The summed E-state index contributed by atoms with van der Waals surface area (Å²) in [5, 5.41) is 14.1. The number of aliphatic imine (C=N–C) groups is 1. The number of anilines is 1. The van der Waals surface area contributed by atoms with Crippen LogP contribution in [0.3, 0.4) is 0 Å². The Labute approximate surface area is 130 Å². The van der Waals surface area contributed by atoms with E-state index in [9.17, 15) is 14.9 Å². The smallest absolute Gasteiger partial charge is 0.269 e. The Bertz CT molecular complexity index is 804. The van der Waals surface area contributed by atoms with Crippen LogP contribution in [0.25, 0.3) is 0 Å². The molecule has 7 heteroatoms. The third-order valence-corrected chi connectivity index (χ3v) is 3.68. The standard InChI is InChI=1S/C15H10ClN3O3/c16-12-4-2-1-3-10(12)15-11-7-9(19(21)22)5-6-13(11)18-14(20)8-17-15/h1-8,15H,(H,18,20). The van der Waals surface area contributed by atoms with Gasteiger partial charge in [0.2, 0.25) is 0 Å². The summed E-state index contributed by atoms with van der Waals surface area (Å²) in [6.07, 6.45) is 1.17. The lowest BCUT2D eigenvalue weighted by Crippen LogP contribution is -2.11. The Hall–Kier alpha value is -2.73. The number of amides is 1. The fraction of sp³-hybridized carbons (Fsp3) is 0.0667. The molecule has 1 heterocycles. The maximum atomic E-state index is 11.7. The predicted molar refractivity (Wildman–Crippen MR) is 83.5 cm³/mol. The number of non-ortho nitro benzene ring substituents is 1. The lowest BCUT2D eigenvalue weighted by Gasteiger charge is -2.16. The molecule has 0 bridgehead atoms. The molecule has 2 aromatic rings. The summed E-state index contributed by atoms with van der Waals surface area (Å²) in [6.45, 7) is 0. The molecule has 3 rings (SSSR count). The topological polar surface area (TPSA) is 84.6 Å². The van der Waals surface area contributed by atoms with Crippen molar-refractivity contribution >= 4 is 35.1 Å². The van der Waals surface area contributed by atoms with Gasteiger partial charge in [-0.15, -0.1) is 0 Å². The minimum Gasteiger partial charge on any atom is -0.321 e. The SMILES string of the molecule is O=C1C=NC(c2ccccc2Cl)c2cc([N+](=O)[O-])ccc2N1. The molecular formula is C15H10ClN3O3. The van der Waals surface area contributed by atoms with E-state index in [-0.39, 0.29) is 11.6 Å². The third kappa shape index (κ3) is 2.56. The second-order valence-electron chi connectivity index (χ2n) is 4.72. The highest BCUT2D eigenvalue weighted by Gasteiger charge is 2.24. The zero-order valence-electron chi connectivity index (χ0n) is 11.2. The molecule has 2 aromatic carbocycles. The van der Waals surface area contributed by atoms with Gasteiger partial charge in [0.25, 0.3) is 11.6 Å². The van der Waals surface area contributed by atoms with Crippen molar-refractivity contribution in [2.24, 2.45) is 4.99 Å². The average molecular weight is 316 g/mol. The van der Waals surface area contributed by atoms with Gasteiger partial charge in [-0.1, -0.05) is 29.8 Å². The van der Waals surface area contributed by atoms with E-state index in [1.54, 1.807) is 24.3 Å². The molecule has 0 fully saturated rings. The van der Waals surface area contributed by atoms with E-state index in [0.717, 1.165) is 0 Å². The zero-order valence-corrected chi connectivity index (χ0v) is 11.9. The molecule has 6 nitrogen and oxygen atoms in total. The molecule has 1 unspecified atom stereocenters. The van der Waals surface area contributed by atoms with Gasteiger partial charge in [-0.3, -0.25) is 19.9 Å². The Balaban J connectivity index is 2.21. The van der Waals surface area contributed by atoms with E-state index in [0.29, 0.717) is 21.8 Å². The third-order valence-electron chi connectivity index (χ3n) is 3.34. The number of fused-ring (bicyclic) bond motifs is 1. The van der Waals surface area contributed by atoms with Gasteiger partial charge >= 0.3 is 0 Å². The molecule has 0 spiro atoms. The van der Waals surface area contributed by atoms with E-state index in [1.807, 2.05) is 0 Å². The number of halogens is 1. The summed E-state index contributed by atoms with van der Waals surface area (Å²) in [7, 11) is 0. The first-order valence-electron chi connectivity index (χ1n) is 6.43. The van der Waals surface area contributed by atoms with Gasteiger partial charge in [0.1, 0.15) is 6.04 Å². The lowest BCUT2D eigenvalue weighted by molar-refractivity contribution is -0.384. The van der Waals surface area contributed by atoms with Crippen LogP contribution in [0, 0.1) is 10.1 Å². The van der Waals surface area contributed by atoms with Crippen LogP contribution in [0.5, 0.6) is 0 Å². The van der Waals surface area contributed by atoms with Gasteiger partial charge in [0.05, 0.1) is 11.1 Å². The normalized spacial score (nSPS) is 16.6. The first-order valence-corrected chi connectivity index (χ1v) is 6.81. The van der Waals surface area contributed by atoms with Gasteiger partial charge in [-0.2, -0.15) is 0 Å². The number of nitrogens with zero attached hydrogens (tertiary/aromatic N) is 2. The lowest BCUT2D eigenvalue weighted by atomic mass is 9.97. The van der Waals surface area contributed by atoms with Crippen LogP contribution < -0.4 is 5.32 Å². The van der Waals surface area contributed by atoms with E-state index in [2.05, 4.69) is 10.3 Å². The Morgan fingerprint density at radius 1 is 1.18 bits per heavy atom. The van der Waals surface area contributed by atoms with Crippen molar-refractivity contribution in [2.75, 3.05) is 5.32 Å². The van der Waals surface area contributed by atoms with Crippen molar-refractivity contribution in [3.05, 3.63) is 68.7 Å². The molecule has 0 radical (unpaired) electrons. The number of carbonyl (C=O) groups excluding carboxylic acids is 1. The molecule has 0 saturated carbocycles. The minimum absolute atomic E-state index is 0.0675. The van der Waals surface area contributed by atoms with Crippen LogP contribution in [-0.4, -0.2) is 17.0 Å². The fourth-order valence-corrected chi connectivity index (χ4v) is 2.58. The maximum absolute atomic E-state index is 11.7. The second kappa shape index (κ2) is 5.57. The number of benzene rings is 2. The molecule has 1 aliphatic rings. The quantitative estimate of drug-likeness (QED) is 0.681. The van der Waals surface area contributed by atoms with Crippen molar-refractivity contribution in [1.29, 1.82) is 0 Å². The van der Waals surface area contributed by atoms with Crippen LogP contribution in [0.2, 0.25) is 5.02 Å². The van der Waals surface area contributed by atoms with Gasteiger partial charge in [-0.05, 0) is 17.7 Å². The van der Waals surface area contributed by atoms with Gasteiger partial charge in [0.15, 0.2) is 0 Å². The van der Waals surface area contributed by atoms with Crippen molar-refractivity contribution in [3.63, 3.8) is 0 Å². The van der Waals surface area contributed by atoms with Crippen molar-refractivity contribution in [2.45, 2.75) is 6.04 Å². The molecule has 0 aliphatic carbocycles. The van der Waals surface area contributed by atoms with E-state index in [1.165, 1.54) is 24.4 Å².